The molecule has 4 rings (SSSR count). The Hall–Kier alpha value is -3.79. The average Bonchev–Trinajstić information content (AvgIpc) is 3.38. The number of hydrogen-bond donors (Lipinski definition) is 1. The molecule has 1 N–H and O–H groups in total. The number of amides is 1. The molecule has 0 radical (unpaired) electrons. The number of hydrogen-bond acceptors (Lipinski definition) is 8. The second kappa shape index (κ2) is 8.52. The molecule has 2 aromatic heterocycles. The first-order valence-electron chi connectivity index (χ1n) is 9.18. The van der Waals surface area contributed by atoms with Crippen LogP contribution in [0.2, 0.25) is 0 Å². The van der Waals surface area contributed by atoms with Gasteiger partial charge in [-0.05, 0) is 36.4 Å². The van der Waals surface area contributed by atoms with E-state index in [1.807, 2.05) is 29.6 Å². The van der Waals surface area contributed by atoms with Gasteiger partial charge in [0.15, 0.2) is 11.5 Å². The lowest BCUT2D eigenvalue weighted by Gasteiger charge is -2.13. The monoisotopic (exact) mass is 440 g/mol. The summed E-state index contributed by atoms with van der Waals surface area (Å²) in [5.74, 6) is 1.74. The summed E-state index contributed by atoms with van der Waals surface area (Å²) >= 11 is 1.43. The number of carbonyl (C=O) groups is 1. The largest absolute Gasteiger partial charge is 0.497 e. The van der Waals surface area contributed by atoms with Crippen LogP contribution in [0.4, 0.5) is 5.95 Å². The molecule has 0 saturated carbocycles. The maximum Gasteiger partial charge on any atom is 0.258 e. The Bertz CT molecular complexity index is 1210. The molecule has 0 atom stereocenters. The highest BCUT2D eigenvalue weighted by atomic mass is 32.1. The molecular formula is C21H20N4O5S. The number of fused-ring (bicyclic) bond motifs is 1. The quantitative estimate of drug-likeness (QED) is 0.468. The highest BCUT2D eigenvalue weighted by Crippen LogP contribution is 2.38. The summed E-state index contributed by atoms with van der Waals surface area (Å²) in [6.07, 6.45) is 0. The molecule has 0 aliphatic heterocycles. The second-order valence-corrected chi connectivity index (χ2v) is 7.18. The molecule has 0 unspecified atom stereocenters. The summed E-state index contributed by atoms with van der Waals surface area (Å²) in [4.78, 5) is 17.9. The van der Waals surface area contributed by atoms with Gasteiger partial charge in [0.25, 0.3) is 11.9 Å². The zero-order valence-corrected chi connectivity index (χ0v) is 18.1. The van der Waals surface area contributed by atoms with E-state index >= 15 is 0 Å². The van der Waals surface area contributed by atoms with E-state index in [4.69, 9.17) is 18.9 Å². The van der Waals surface area contributed by atoms with E-state index in [-0.39, 0.29) is 5.95 Å². The van der Waals surface area contributed by atoms with Gasteiger partial charge in [-0.2, -0.15) is 4.98 Å². The highest BCUT2D eigenvalue weighted by Gasteiger charge is 2.19. The number of methoxy groups -OCH3 is 4. The summed E-state index contributed by atoms with van der Waals surface area (Å²) in [6.45, 7) is 0. The van der Waals surface area contributed by atoms with Crippen LogP contribution in [0.1, 0.15) is 10.4 Å². The zero-order chi connectivity index (χ0) is 22.0. The first-order valence-corrected chi connectivity index (χ1v) is 10.1. The Morgan fingerprint density at radius 1 is 0.968 bits per heavy atom. The third-order valence-corrected chi connectivity index (χ3v) is 5.44. The predicted octanol–water partition coefficient (Wildman–Crippen LogP) is 3.74. The Kier molecular flexibility index (Phi) is 5.63. The fourth-order valence-electron chi connectivity index (χ4n) is 3.08. The van der Waals surface area contributed by atoms with Gasteiger partial charge in [0, 0.05) is 16.5 Å². The van der Waals surface area contributed by atoms with Gasteiger partial charge in [0.2, 0.25) is 10.7 Å². The molecule has 2 aromatic carbocycles. The van der Waals surface area contributed by atoms with E-state index < -0.39 is 5.91 Å². The molecule has 0 bridgehead atoms. The Balaban J connectivity index is 1.62. The molecule has 0 spiro atoms. The fraction of sp³-hybridized carbons (Fsp3) is 0.190. The first kappa shape index (κ1) is 20.5. The zero-order valence-electron chi connectivity index (χ0n) is 17.3. The molecule has 0 aliphatic rings. The van der Waals surface area contributed by atoms with E-state index in [9.17, 15) is 4.79 Å². The molecular weight excluding hydrogens is 420 g/mol. The van der Waals surface area contributed by atoms with Crippen molar-refractivity contribution in [2.24, 2.45) is 0 Å². The summed E-state index contributed by atoms with van der Waals surface area (Å²) in [5.41, 5.74) is 2.14. The normalized spacial score (nSPS) is 10.7. The van der Waals surface area contributed by atoms with Crippen LogP contribution in [0.15, 0.2) is 41.8 Å². The summed E-state index contributed by atoms with van der Waals surface area (Å²) in [7, 11) is 6.11. The molecule has 10 heteroatoms. The summed E-state index contributed by atoms with van der Waals surface area (Å²) < 4.78 is 22.8. The van der Waals surface area contributed by atoms with Crippen LogP contribution in [0.3, 0.4) is 0 Å². The molecule has 0 aliphatic carbocycles. The van der Waals surface area contributed by atoms with Gasteiger partial charge >= 0.3 is 0 Å². The van der Waals surface area contributed by atoms with Crippen molar-refractivity contribution in [3.05, 3.63) is 47.3 Å². The van der Waals surface area contributed by atoms with Crippen LogP contribution < -0.4 is 24.3 Å². The number of nitrogens with zero attached hydrogens (tertiary/aromatic N) is 3. The number of nitrogens with one attached hydrogen (secondary N) is 1. The van der Waals surface area contributed by atoms with Crippen molar-refractivity contribution in [2.45, 2.75) is 0 Å². The summed E-state index contributed by atoms with van der Waals surface area (Å²) in [6, 6.07) is 10.8. The van der Waals surface area contributed by atoms with Crippen molar-refractivity contribution in [1.82, 2.24) is 14.6 Å². The molecule has 9 nitrogen and oxygen atoms in total. The van der Waals surface area contributed by atoms with Gasteiger partial charge < -0.3 is 18.9 Å². The number of benzene rings is 2. The fourth-order valence-corrected chi connectivity index (χ4v) is 3.91. The van der Waals surface area contributed by atoms with E-state index in [0.29, 0.717) is 27.8 Å². The second-order valence-electron chi connectivity index (χ2n) is 6.35. The van der Waals surface area contributed by atoms with Gasteiger partial charge in [0.05, 0.1) is 34.1 Å². The van der Waals surface area contributed by atoms with Crippen molar-refractivity contribution < 1.29 is 23.7 Å². The molecule has 2 heterocycles. The molecule has 0 saturated heterocycles. The highest BCUT2D eigenvalue weighted by molar-refractivity contribution is 7.15. The maximum absolute atomic E-state index is 12.8. The van der Waals surface area contributed by atoms with E-state index in [1.54, 1.807) is 23.8 Å². The predicted molar refractivity (Wildman–Crippen MR) is 117 cm³/mol. The maximum atomic E-state index is 12.8. The third-order valence-electron chi connectivity index (χ3n) is 4.62. The van der Waals surface area contributed by atoms with Crippen LogP contribution in [0, 0.1) is 0 Å². The van der Waals surface area contributed by atoms with E-state index in [2.05, 4.69) is 15.4 Å². The number of aromatic nitrogens is 3. The van der Waals surface area contributed by atoms with Crippen molar-refractivity contribution in [1.29, 1.82) is 0 Å². The Morgan fingerprint density at radius 3 is 2.23 bits per heavy atom. The van der Waals surface area contributed by atoms with Gasteiger partial charge in [-0.3, -0.25) is 10.1 Å². The first-order chi connectivity index (χ1) is 15.1. The number of carbonyl (C=O) groups excluding carboxylic acids is 1. The van der Waals surface area contributed by atoms with Crippen molar-refractivity contribution in [3.8, 4) is 34.3 Å². The van der Waals surface area contributed by atoms with Crippen molar-refractivity contribution in [3.63, 3.8) is 0 Å². The van der Waals surface area contributed by atoms with Crippen LogP contribution >= 0.6 is 11.3 Å². The third kappa shape index (κ3) is 3.84. The minimum atomic E-state index is -0.400. The van der Waals surface area contributed by atoms with E-state index in [1.165, 1.54) is 32.7 Å². The minimum Gasteiger partial charge on any atom is -0.497 e. The van der Waals surface area contributed by atoms with Gasteiger partial charge in [-0.25, -0.2) is 4.52 Å². The van der Waals surface area contributed by atoms with Crippen LogP contribution in [0.5, 0.6) is 23.0 Å². The lowest BCUT2D eigenvalue weighted by atomic mass is 10.1. The number of thiazole rings is 1. The average molecular weight is 440 g/mol. The van der Waals surface area contributed by atoms with Crippen LogP contribution in [-0.4, -0.2) is 48.9 Å². The lowest BCUT2D eigenvalue weighted by molar-refractivity contribution is 0.102. The topological polar surface area (TPSA) is 96.2 Å². The number of anilines is 1. The van der Waals surface area contributed by atoms with Crippen LogP contribution in [-0.2, 0) is 0 Å². The van der Waals surface area contributed by atoms with Crippen molar-refractivity contribution in [2.75, 3.05) is 33.8 Å². The molecule has 31 heavy (non-hydrogen) atoms. The minimum absolute atomic E-state index is 0.195. The Morgan fingerprint density at radius 2 is 1.65 bits per heavy atom. The number of ether oxygens (including phenoxy) is 4. The smallest absolute Gasteiger partial charge is 0.258 e. The van der Waals surface area contributed by atoms with E-state index in [0.717, 1.165) is 17.0 Å². The molecule has 1 amide bonds. The lowest BCUT2D eigenvalue weighted by Crippen LogP contribution is -2.14. The van der Waals surface area contributed by atoms with Crippen LogP contribution in [0.25, 0.3) is 16.2 Å². The van der Waals surface area contributed by atoms with Gasteiger partial charge in [0.1, 0.15) is 5.75 Å². The van der Waals surface area contributed by atoms with Gasteiger partial charge in [-0.1, -0.05) is 0 Å². The SMILES string of the molecule is COc1ccc(-c2csc3nc(NC(=O)c4cc(OC)c(OC)c(OC)c4)nn23)cc1. The number of rotatable bonds is 7. The molecule has 160 valence electrons. The van der Waals surface area contributed by atoms with Crippen molar-refractivity contribution >= 4 is 28.2 Å². The molecule has 0 fully saturated rings. The van der Waals surface area contributed by atoms with Gasteiger partial charge in [-0.15, -0.1) is 16.4 Å². The molecule has 4 aromatic rings. The Labute approximate surface area is 182 Å². The summed E-state index contributed by atoms with van der Waals surface area (Å²) in [5, 5.41) is 9.13. The standard InChI is InChI=1S/C21H20N4O5S/c1-27-14-7-5-12(6-8-14)15-11-31-21-23-20(24-25(15)21)22-19(26)13-9-16(28-2)18(30-4)17(10-13)29-3/h5-11H,1-4H3,(H,22,24,26).